The zero-order chi connectivity index (χ0) is 13.5. The fourth-order valence-corrected chi connectivity index (χ4v) is 3.26. The largest absolute Gasteiger partial charge is 0.298 e. The Labute approximate surface area is 119 Å². The molecule has 0 N–H and O–H groups in total. The van der Waals surface area contributed by atoms with Crippen molar-refractivity contribution in [2.75, 3.05) is 4.90 Å². The molecule has 1 atom stereocenters. The Bertz CT molecular complexity index is 642. The lowest BCUT2D eigenvalue weighted by molar-refractivity contribution is 0.739. The molecule has 0 aromatic heterocycles. The standard InChI is InChI=1S/C18H18N2/c1-13-10-11-18(19-13)20-16-8-4-2-6-14(16)12-15-7-3-5-9-17(15)20/h2-9,13H,10-12H2,1H3. The van der Waals surface area contributed by atoms with E-state index in [2.05, 4.69) is 60.4 Å². The molecule has 2 aliphatic rings. The van der Waals surface area contributed by atoms with Crippen LogP contribution in [0.1, 0.15) is 30.9 Å². The van der Waals surface area contributed by atoms with Crippen molar-refractivity contribution in [3.8, 4) is 0 Å². The average Bonchev–Trinajstić information content (AvgIpc) is 2.91. The van der Waals surface area contributed by atoms with Crippen LogP contribution in [0.4, 0.5) is 11.4 Å². The molecule has 2 aliphatic heterocycles. The van der Waals surface area contributed by atoms with E-state index in [1.54, 1.807) is 0 Å². The quantitative estimate of drug-likeness (QED) is 0.690. The van der Waals surface area contributed by atoms with E-state index in [0.717, 1.165) is 19.3 Å². The molecule has 2 aromatic carbocycles. The van der Waals surface area contributed by atoms with Crippen LogP contribution >= 0.6 is 0 Å². The smallest absolute Gasteiger partial charge is 0.108 e. The third-order valence-corrected chi connectivity index (χ3v) is 4.26. The number of fused-ring (bicyclic) bond motifs is 2. The molecule has 0 saturated carbocycles. The van der Waals surface area contributed by atoms with Gasteiger partial charge in [0, 0.05) is 18.9 Å². The normalized spacial score (nSPS) is 20.4. The van der Waals surface area contributed by atoms with Crippen molar-refractivity contribution in [3.05, 3.63) is 59.7 Å². The summed E-state index contributed by atoms with van der Waals surface area (Å²) in [5.41, 5.74) is 5.40. The highest BCUT2D eigenvalue weighted by Crippen LogP contribution is 2.40. The van der Waals surface area contributed by atoms with E-state index in [-0.39, 0.29) is 0 Å². The summed E-state index contributed by atoms with van der Waals surface area (Å²) >= 11 is 0. The average molecular weight is 262 g/mol. The van der Waals surface area contributed by atoms with Gasteiger partial charge < -0.3 is 0 Å². The van der Waals surface area contributed by atoms with Crippen LogP contribution in [0.25, 0.3) is 0 Å². The topological polar surface area (TPSA) is 15.6 Å². The molecule has 0 saturated heterocycles. The van der Waals surface area contributed by atoms with Gasteiger partial charge in [0.15, 0.2) is 0 Å². The molecule has 2 heterocycles. The zero-order valence-electron chi connectivity index (χ0n) is 11.7. The lowest BCUT2D eigenvalue weighted by atomic mass is 9.95. The molecule has 100 valence electrons. The van der Waals surface area contributed by atoms with E-state index in [9.17, 15) is 0 Å². The molecular weight excluding hydrogens is 244 g/mol. The Morgan fingerprint density at radius 1 is 0.950 bits per heavy atom. The van der Waals surface area contributed by atoms with Crippen molar-refractivity contribution in [1.82, 2.24) is 0 Å². The highest BCUT2D eigenvalue weighted by atomic mass is 15.2. The minimum atomic E-state index is 0.450. The number of hydrogen-bond donors (Lipinski definition) is 0. The summed E-state index contributed by atoms with van der Waals surface area (Å²) in [4.78, 5) is 7.23. The van der Waals surface area contributed by atoms with Crippen LogP contribution in [0.5, 0.6) is 0 Å². The van der Waals surface area contributed by atoms with Crippen LogP contribution in [0.15, 0.2) is 53.5 Å². The summed E-state index contributed by atoms with van der Waals surface area (Å²) in [5, 5.41) is 0. The first-order valence-electron chi connectivity index (χ1n) is 7.35. The van der Waals surface area contributed by atoms with Crippen molar-refractivity contribution < 1.29 is 0 Å². The van der Waals surface area contributed by atoms with Gasteiger partial charge in [-0.25, -0.2) is 0 Å². The summed E-state index contributed by atoms with van der Waals surface area (Å²) in [6.45, 7) is 2.20. The summed E-state index contributed by atoms with van der Waals surface area (Å²) in [6, 6.07) is 17.9. The van der Waals surface area contributed by atoms with Crippen LogP contribution in [0.3, 0.4) is 0 Å². The number of anilines is 2. The second kappa shape index (κ2) is 4.48. The maximum Gasteiger partial charge on any atom is 0.108 e. The molecule has 4 rings (SSSR count). The van der Waals surface area contributed by atoms with Gasteiger partial charge in [-0.3, -0.25) is 9.89 Å². The maximum atomic E-state index is 4.85. The second-order valence-corrected chi connectivity index (χ2v) is 5.70. The molecule has 0 spiro atoms. The Morgan fingerprint density at radius 2 is 1.55 bits per heavy atom. The predicted octanol–water partition coefficient (Wildman–Crippen LogP) is 4.31. The Hall–Kier alpha value is -2.09. The Kier molecular flexibility index (Phi) is 2.62. The molecule has 0 fully saturated rings. The number of para-hydroxylation sites is 2. The third-order valence-electron chi connectivity index (χ3n) is 4.26. The molecule has 2 aromatic rings. The third kappa shape index (κ3) is 1.75. The number of nitrogens with zero attached hydrogens (tertiary/aromatic N) is 2. The molecule has 0 radical (unpaired) electrons. The summed E-state index contributed by atoms with van der Waals surface area (Å²) in [5.74, 6) is 1.22. The van der Waals surface area contributed by atoms with Gasteiger partial charge in [0.1, 0.15) is 5.84 Å². The fourth-order valence-electron chi connectivity index (χ4n) is 3.26. The van der Waals surface area contributed by atoms with Crippen LogP contribution in [0, 0.1) is 0 Å². The number of benzene rings is 2. The summed E-state index contributed by atoms with van der Waals surface area (Å²) in [7, 11) is 0. The van der Waals surface area contributed by atoms with Gasteiger partial charge in [-0.05, 0) is 36.6 Å². The minimum Gasteiger partial charge on any atom is -0.298 e. The molecule has 2 heteroatoms. The number of amidine groups is 1. The van der Waals surface area contributed by atoms with Crippen LogP contribution in [-0.2, 0) is 6.42 Å². The highest BCUT2D eigenvalue weighted by molar-refractivity contribution is 6.07. The van der Waals surface area contributed by atoms with Crippen molar-refractivity contribution in [2.24, 2.45) is 4.99 Å². The van der Waals surface area contributed by atoms with E-state index >= 15 is 0 Å². The first-order chi connectivity index (χ1) is 9.83. The van der Waals surface area contributed by atoms with Crippen molar-refractivity contribution in [3.63, 3.8) is 0 Å². The Morgan fingerprint density at radius 3 is 2.10 bits per heavy atom. The molecule has 1 unspecified atom stereocenters. The minimum absolute atomic E-state index is 0.450. The lowest BCUT2D eigenvalue weighted by Crippen LogP contribution is -2.28. The molecule has 2 nitrogen and oxygen atoms in total. The zero-order valence-corrected chi connectivity index (χ0v) is 11.7. The van der Waals surface area contributed by atoms with E-state index in [0.29, 0.717) is 6.04 Å². The number of rotatable bonds is 0. The predicted molar refractivity (Wildman–Crippen MR) is 84.0 cm³/mol. The number of hydrogen-bond acceptors (Lipinski definition) is 2. The van der Waals surface area contributed by atoms with Crippen LogP contribution in [0.2, 0.25) is 0 Å². The first kappa shape index (κ1) is 11.7. The van der Waals surface area contributed by atoms with E-state index < -0.39 is 0 Å². The van der Waals surface area contributed by atoms with Gasteiger partial charge >= 0.3 is 0 Å². The number of aliphatic imine (C=N–C) groups is 1. The van der Waals surface area contributed by atoms with Crippen LogP contribution < -0.4 is 4.90 Å². The van der Waals surface area contributed by atoms with Gasteiger partial charge in [-0.15, -0.1) is 0 Å². The molecular formula is C18H18N2. The van der Waals surface area contributed by atoms with Gasteiger partial charge in [0.25, 0.3) is 0 Å². The monoisotopic (exact) mass is 262 g/mol. The summed E-state index contributed by atoms with van der Waals surface area (Å²) < 4.78 is 0. The lowest BCUT2D eigenvalue weighted by Gasteiger charge is -2.33. The van der Waals surface area contributed by atoms with E-state index in [4.69, 9.17) is 4.99 Å². The van der Waals surface area contributed by atoms with Crippen molar-refractivity contribution in [1.29, 1.82) is 0 Å². The van der Waals surface area contributed by atoms with Crippen molar-refractivity contribution >= 4 is 17.2 Å². The van der Waals surface area contributed by atoms with Crippen molar-refractivity contribution in [2.45, 2.75) is 32.2 Å². The maximum absolute atomic E-state index is 4.85. The van der Waals surface area contributed by atoms with Gasteiger partial charge in [0.05, 0.1) is 11.4 Å². The highest BCUT2D eigenvalue weighted by Gasteiger charge is 2.28. The molecule has 0 amide bonds. The van der Waals surface area contributed by atoms with E-state index in [1.807, 2.05) is 0 Å². The fraction of sp³-hybridized carbons (Fsp3) is 0.278. The molecule has 20 heavy (non-hydrogen) atoms. The Balaban J connectivity index is 1.91. The summed E-state index contributed by atoms with van der Waals surface area (Å²) in [6.07, 6.45) is 3.26. The first-order valence-corrected chi connectivity index (χ1v) is 7.35. The van der Waals surface area contributed by atoms with E-state index in [1.165, 1.54) is 28.3 Å². The molecule has 0 aliphatic carbocycles. The molecule has 0 bridgehead atoms. The van der Waals surface area contributed by atoms with Crippen LogP contribution in [-0.4, -0.2) is 11.9 Å². The van der Waals surface area contributed by atoms with Gasteiger partial charge in [-0.2, -0.15) is 0 Å². The van der Waals surface area contributed by atoms with Gasteiger partial charge in [0.2, 0.25) is 0 Å². The second-order valence-electron chi connectivity index (χ2n) is 5.70. The van der Waals surface area contributed by atoms with Gasteiger partial charge in [-0.1, -0.05) is 36.4 Å². The SMILES string of the molecule is CC1CCC(N2c3ccccc3Cc3ccccc32)=N1.